The van der Waals surface area contributed by atoms with E-state index < -0.39 is 0 Å². The molecule has 1 unspecified atom stereocenters. The number of hydrogen-bond donors (Lipinski definition) is 0. The molecular formula is C18H15BrO3. The van der Waals surface area contributed by atoms with Crippen LogP contribution in [0.3, 0.4) is 0 Å². The third-order valence-corrected chi connectivity index (χ3v) is 3.97. The minimum Gasteiger partial charge on any atom is -0.493 e. The Morgan fingerprint density at radius 1 is 1.00 bits per heavy atom. The van der Waals surface area contributed by atoms with Crippen LogP contribution in [0.25, 0.3) is 5.76 Å². The topological polar surface area (TPSA) is 35.5 Å². The second-order valence-corrected chi connectivity index (χ2v) is 5.90. The van der Waals surface area contributed by atoms with E-state index >= 15 is 0 Å². The van der Waals surface area contributed by atoms with Gasteiger partial charge in [0.15, 0.2) is 0 Å². The zero-order chi connectivity index (χ0) is 15.4. The molecule has 4 heteroatoms. The highest BCUT2D eigenvalue weighted by atomic mass is 79.9. The van der Waals surface area contributed by atoms with Crippen LogP contribution in [0, 0.1) is 0 Å². The normalized spacial score (nSPS) is 20.9. The molecule has 0 fully saturated rings. The molecular weight excluding hydrogens is 344 g/mol. The Labute approximate surface area is 137 Å². The summed E-state index contributed by atoms with van der Waals surface area (Å²) in [5, 5.41) is 0. The van der Waals surface area contributed by atoms with Crippen LogP contribution in [0.2, 0.25) is 0 Å². The Morgan fingerprint density at radius 2 is 1.73 bits per heavy atom. The lowest BCUT2D eigenvalue weighted by Crippen LogP contribution is -2.15. The van der Waals surface area contributed by atoms with Crippen LogP contribution in [0.4, 0.5) is 0 Å². The van der Waals surface area contributed by atoms with E-state index in [4.69, 9.17) is 9.47 Å². The summed E-state index contributed by atoms with van der Waals surface area (Å²) in [4.78, 5) is 12.1. The molecule has 1 aliphatic rings. The second-order valence-electron chi connectivity index (χ2n) is 4.99. The van der Waals surface area contributed by atoms with Gasteiger partial charge in [-0.15, -0.1) is 0 Å². The van der Waals surface area contributed by atoms with Crippen molar-refractivity contribution in [2.45, 2.75) is 12.5 Å². The maximum absolute atomic E-state index is 12.1. The fraction of sp³-hybridized carbons (Fsp3) is 0.167. The molecule has 0 aromatic heterocycles. The number of benzene rings is 2. The van der Waals surface area contributed by atoms with E-state index in [-0.39, 0.29) is 12.1 Å². The average molecular weight is 359 g/mol. The van der Waals surface area contributed by atoms with E-state index in [1.165, 1.54) is 6.08 Å². The Balaban J connectivity index is 1.80. The SMILES string of the molecule is O=C1/C=C(/c2ccc(Br)cc2)OCCC(c2ccccc2)O1. The van der Waals surface area contributed by atoms with Gasteiger partial charge in [0.1, 0.15) is 11.9 Å². The second kappa shape index (κ2) is 6.79. The number of esters is 1. The smallest absolute Gasteiger partial charge is 0.335 e. The van der Waals surface area contributed by atoms with Gasteiger partial charge >= 0.3 is 5.97 Å². The summed E-state index contributed by atoms with van der Waals surface area (Å²) in [6.07, 6.45) is 1.78. The molecule has 1 aliphatic heterocycles. The van der Waals surface area contributed by atoms with E-state index in [1.807, 2.05) is 54.6 Å². The molecule has 1 heterocycles. The molecule has 2 aromatic rings. The summed E-state index contributed by atoms with van der Waals surface area (Å²) in [5.74, 6) is 0.162. The summed E-state index contributed by atoms with van der Waals surface area (Å²) in [5.41, 5.74) is 1.85. The highest BCUT2D eigenvalue weighted by Crippen LogP contribution is 2.27. The molecule has 2 aromatic carbocycles. The van der Waals surface area contributed by atoms with E-state index in [2.05, 4.69) is 15.9 Å². The zero-order valence-corrected chi connectivity index (χ0v) is 13.5. The number of halogens is 1. The Morgan fingerprint density at radius 3 is 2.45 bits per heavy atom. The fourth-order valence-corrected chi connectivity index (χ4v) is 2.61. The van der Waals surface area contributed by atoms with Crippen molar-refractivity contribution in [1.82, 2.24) is 0 Å². The lowest BCUT2D eigenvalue weighted by atomic mass is 10.1. The van der Waals surface area contributed by atoms with Crippen LogP contribution in [-0.2, 0) is 14.3 Å². The quantitative estimate of drug-likeness (QED) is 0.741. The highest BCUT2D eigenvalue weighted by molar-refractivity contribution is 9.10. The van der Waals surface area contributed by atoms with Crippen LogP contribution in [0.1, 0.15) is 23.7 Å². The predicted molar refractivity (Wildman–Crippen MR) is 88.0 cm³/mol. The summed E-state index contributed by atoms with van der Waals surface area (Å²) >= 11 is 3.39. The molecule has 0 N–H and O–H groups in total. The third-order valence-electron chi connectivity index (χ3n) is 3.45. The number of rotatable bonds is 2. The van der Waals surface area contributed by atoms with Gasteiger partial charge in [-0.3, -0.25) is 0 Å². The van der Waals surface area contributed by atoms with Crippen molar-refractivity contribution >= 4 is 27.7 Å². The average Bonchev–Trinajstić information content (AvgIpc) is 2.52. The highest BCUT2D eigenvalue weighted by Gasteiger charge is 2.20. The lowest BCUT2D eigenvalue weighted by molar-refractivity contribution is -0.144. The van der Waals surface area contributed by atoms with Crippen molar-refractivity contribution in [3.8, 4) is 0 Å². The van der Waals surface area contributed by atoms with Crippen molar-refractivity contribution < 1.29 is 14.3 Å². The molecule has 0 saturated heterocycles. The van der Waals surface area contributed by atoms with Crippen molar-refractivity contribution in [1.29, 1.82) is 0 Å². The van der Waals surface area contributed by atoms with Gasteiger partial charge in [-0.05, 0) is 17.7 Å². The molecule has 0 amide bonds. The van der Waals surface area contributed by atoms with Gasteiger partial charge in [0.2, 0.25) is 0 Å². The Hall–Kier alpha value is -2.07. The van der Waals surface area contributed by atoms with E-state index in [1.54, 1.807) is 0 Å². The van der Waals surface area contributed by atoms with Crippen molar-refractivity contribution in [2.24, 2.45) is 0 Å². The van der Waals surface area contributed by atoms with Crippen molar-refractivity contribution in [3.05, 3.63) is 76.3 Å². The molecule has 0 aliphatic carbocycles. The largest absolute Gasteiger partial charge is 0.493 e. The summed E-state index contributed by atoms with van der Waals surface area (Å²) in [6, 6.07) is 17.4. The minimum absolute atomic E-state index is 0.267. The fourth-order valence-electron chi connectivity index (χ4n) is 2.34. The first-order valence-corrected chi connectivity index (χ1v) is 7.88. The minimum atomic E-state index is -0.383. The standard InChI is InChI=1S/C18H15BrO3/c19-15-8-6-14(7-9-15)17-12-18(20)22-16(10-11-21-17)13-4-2-1-3-5-13/h1-9,12,16H,10-11H2/b17-12-. The number of carbonyl (C=O) groups is 1. The zero-order valence-electron chi connectivity index (χ0n) is 11.9. The number of carbonyl (C=O) groups excluding carboxylic acids is 1. The molecule has 3 rings (SSSR count). The van der Waals surface area contributed by atoms with Gasteiger partial charge in [-0.2, -0.15) is 0 Å². The number of hydrogen-bond acceptors (Lipinski definition) is 3. The van der Waals surface area contributed by atoms with Gasteiger partial charge in [0.25, 0.3) is 0 Å². The Bertz CT molecular complexity index is 677. The van der Waals surface area contributed by atoms with Crippen LogP contribution in [0.15, 0.2) is 65.1 Å². The summed E-state index contributed by atoms with van der Waals surface area (Å²) < 4.78 is 12.3. The monoisotopic (exact) mass is 358 g/mol. The first-order valence-electron chi connectivity index (χ1n) is 7.08. The molecule has 112 valence electrons. The first kappa shape index (κ1) is 14.9. The molecule has 3 nitrogen and oxygen atoms in total. The van der Waals surface area contributed by atoms with Gasteiger partial charge in [0.05, 0.1) is 12.7 Å². The van der Waals surface area contributed by atoms with E-state index in [9.17, 15) is 4.79 Å². The summed E-state index contributed by atoms with van der Waals surface area (Å²) in [6.45, 7) is 0.495. The van der Waals surface area contributed by atoms with Gasteiger partial charge < -0.3 is 9.47 Å². The molecule has 0 bridgehead atoms. The van der Waals surface area contributed by atoms with Crippen LogP contribution in [0.5, 0.6) is 0 Å². The molecule has 0 radical (unpaired) electrons. The van der Waals surface area contributed by atoms with Crippen LogP contribution < -0.4 is 0 Å². The van der Waals surface area contributed by atoms with Crippen LogP contribution in [-0.4, -0.2) is 12.6 Å². The predicted octanol–water partition coefficient (Wildman–Crippen LogP) is 4.49. The van der Waals surface area contributed by atoms with E-state index in [0.29, 0.717) is 18.8 Å². The summed E-state index contributed by atoms with van der Waals surface area (Å²) in [7, 11) is 0. The maximum atomic E-state index is 12.1. The number of cyclic esters (lactones) is 1. The van der Waals surface area contributed by atoms with Crippen LogP contribution >= 0.6 is 15.9 Å². The third kappa shape index (κ3) is 3.57. The molecule has 0 spiro atoms. The molecule has 1 atom stereocenters. The van der Waals surface area contributed by atoms with Crippen molar-refractivity contribution in [3.63, 3.8) is 0 Å². The van der Waals surface area contributed by atoms with E-state index in [0.717, 1.165) is 15.6 Å². The Kier molecular flexibility index (Phi) is 4.59. The van der Waals surface area contributed by atoms with Gasteiger partial charge in [-0.25, -0.2) is 4.79 Å². The van der Waals surface area contributed by atoms with Gasteiger partial charge in [0, 0.05) is 16.5 Å². The lowest BCUT2D eigenvalue weighted by Gasteiger charge is -2.21. The molecule has 22 heavy (non-hydrogen) atoms. The maximum Gasteiger partial charge on any atom is 0.335 e. The molecule has 0 saturated carbocycles. The van der Waals surface area contributed by atoms with Gasteiger partial charge in [-0.1, -0.05) is 58.4 Å². The first-order chi connectivity index (χ1) is 10.7. The number of ether oxygens (including phenoxy) is 2. The van der Waals surface area contributed by atoms with Crippen molar-refractivity contribution in [2.75, 3.05) is 6.61 Å².